The molecule has 3 nitrogen and oxygen atoms in total. The lowest BCUT2D eigenvalue weighted by Crippen LogP contribution is -1.98. The van der Waals surface area contributed by atoms with Crippen LogP contribution in [0.1, 0.15) is 17.2 Å². The van der Waals surface area contributed by atoms with E-state index in [9.17, 15) is 4.39 Å². The van der Waals surface area contributed by atoms with E-state index in [4.69, 9.17) is 5.73 Å². The molecule has 56 valence electrons. The van der Waals surface area contributed by atoms with Crippen molar-refractivity contribution in [2.45, 2.75) is 20.1 Å². The van der Waals surface area contributed by atoms with Crippen LogP contribution >= 0.6 is 0 Å². The zero-order chi connectivity index (χ0) is 7.56. The summed E-state index contributed by atoms with van der Waals surface area (Å²) in [4.78, 5) is 6.76. The molecule has 3 N–H and O–H groups in total. The van der Waals surface area contributed by atoms with E-state index in [2.05, 4.69) is 9.97 Å². The number of nitrogens with zero attached hydrogens (tertiary/aromatic N) is 1. The van der Waals surface area contributed by atoms with Crippen molar-refractivity contribution in [1.82, 2.24) is 9.97 Å². The fourth-order valence-electron chi connectivity index (χ4n) is 0.790. The van der Waals surface area contributed by atoms with Crippen LogP contribution in [0, 0.1) is 6.92 Å². The minimum absolute atomic E-state index is 0.334. The molecule has 0 saturated heterocycles. The first-order chi connectivity index (χ1) is 4.77. The van der Waals surface area contributed by atoms with E-state index in [0.717, 1.165) is 5.69 Å². The Morgan fingerprint density at radius 1 is 1.70 bits per heavy atom. The second-order valence-corrected chi connectivity index (χ2v) is 2.09. The van der Waals surface area contributed by atoms with Gasteiger partial charge in [-0.1, -0.05) is 0 Å². The van der Waals surface area contributed by atoms with E-state index < -0.39 is 6.67 Å². The summed E-state index contributed by atoms with van der Waals surface area (Å²) in [6, 6.07) is 0. The van der Waals surface area contributed by atoms with Crippen molar-refractivity contribution in [3.8, 4) is 0 Å². The molecule has 0 saturated carbocycles. The molecule has 4 heteroatoms. The van der Waals surface area contributed by atoms with Gasteiger partial charge in [0.1, 0.15) is 12.5 Å². The number of imidazole rings is 1. The van der Waals surface area contributed by atoms with Gasteiger partial charge >= 0.3 is 0 Å². The molecule has 0 spiro atoms. The number of aromatic nitrogens is 2. The Morgan fingerprint density at radius 2 is 2.40 bits per heavy atom. The summed E-state index contributed by atoms with van der Waals surface area (Å²) in [7, 11) is 0. The number of nitrogens with two attached hydrogens (primary N) is 1. The number of alkyl halides is 1. The molecule has 0 aromatic carbocycles. The fourth-order valence-corrected chi connectivity index (χ4v) is 0.790. The summed E-state index contributed by atoms with van der Waals surface area (Å²) in [6.45, 7) is 1.59. The van der Waals surface area contributed by atoms with Gasteiger partial charge in [-0.2, -0.15) is 0 Å². The standard InChI is InChI=1S/C6H10FN3/c1-4-5(2-7)10-6(3-8)9-4/h2-3,8H2,1H3,(H,9,10). The molecule has 10 heavy (non-hydrogen) atoms. The molecule has 0 aliphatic carbocycles. The highest BCUT2D eigenvalue weighted by Crippen LogP contribution is 2.04. The highest BCUT2D eigenvalue weighted by molar-refractivity contribution is 5.11. The van der Waals surface area contributed by atoms with E-state index >= 15 is 0 Å². The highest BCUT2D eigenvalue weighted by Gasteiger charge is 2.03. The molecule has 0 bridgehead atoms. The van der Waals surface area contributed by atoms with Crippen molar-refractivity contribution in [1.29, 1.82) is 0 Å². The van der Waals surface area contributed by atoms with Crippen molar-refractivity contribution in [3.63, 3.8) is 0 Å². The summed E-state index contributed by atoms with van der Waals surface area (Å²) >= 11 is 0. The first-order valence-corrected chi connectivity index (χ1v) is 3.08. The van der Waals surface area contributed by atoms with Gasteiger partial charge in [0.05, 0.1) is 12.2 Å². The van der Waals surface area contributed by atoms with E-state index in [-0.39, 0.29) is 0 Å². The fraction of sp³-hybridized carbons (Fsp3) is 0.500. The van der Waals surface area contributed by atoms with Gasteiger partial charge in [-0.3, -0.25) is 0 Å². The van der Waals surface area contributed by atoms with Crippen LogP contribution in [-0.2, 0) is 13.2 Å². The van der Waals surface area contributed by atoms with Crippen LogP contribution in [0.4, 0.5) is 4.39 Å². The van der Waals surface area contributed by atoms with Gasteiger partial charge < -0.3 is 10.7 Å². The Labute approximate surface area is 58.5 Å². The average molecular weight is 143 g/mol. The zero-order valence-electron chi connectivity index (χ0n) is 5.82. The van der Waals surface area contributed by atoms with Crippen LogP contribution in [0.5, 0.6) is 0 Å². The summed E-state index contributed by atoms with van der Waals surface area (Å²) < 4.78 is 12.0. The first-order valence-electron chi connectivity index (χ1n) is 3.08. The Balaban J connectivity index is 2.92. The van der Waals surface area contributed by atoms with Gasteiger partial charge in [-0.05, 0) is 6.92 Å². The van der Waals surface area contributed by atoms with E-state index in [0.29, 0.717) is 18.1 Å². The van der Waals surface area contributed by atoms with Gasteiger partial charge in [0.15, 0.2) is 0 Å². The Kier molecular flexibility index (Phi) is 2.01. The van der Waals surface area contributed by atoms with Crippen molar-refractivity contribution < 1.29 is 4.39 Å². The summed E-state index contributed by atoms with van der Waals surface area (Å²) in [6.07, 6.45) is 0. The number of H-pyrrole nitrogens is 1. The SMILES string of the molecule is Cc1[nH]c(CN)nc1CF. The molecule has 0 radical (unpaired) electrons. The molecule has 0 amide bonds. The van der Waals surface area contributed by atoms with Crippen molar-refractivity contribution in [3.05, 3.63) is 17.2 Å². The van der Waals surface area contributed by atoms with Crippen LogP contribution in [0.3, 0.4) is 0 Å². The second kappa shape index (κ2) is 2.79. The average Bonchev–Trinajstić information content (AvgIpc) is 2.30. The van der Waals surface area contributed by atoms with Gasteiger partial charge in [-0.25, -0.2) is 9.37 Å². The first kappa shape index (κ1) is 7.21. The van der Waals surface area contributed by atoms with Gasteiger partial charge in [0, 0.05) is 5.69 Å². The summed E-state index contributed by atoms with van der Waals surface area (Å²) in [5.41, 5.74) is 6.50. The molecule has 0 aliphatic rings. The van der Waals surface area contributed by atoms with E-state index in [1.807, 2.05) is 0 Å². The maximum Gasteiger partial charge on any atom is 0.133 e. The second-order valence-electron chi connectivity index (χ2n) is 2.09. The smallest absolute Gasteiger partial charge is 0.133 e. The maximum atomic E-state index is 12.0. The Hall–Kier alpha value is -0.900. The van der Waals surface area contributed by atoms with Crippen LogP contribution < -0.4 is 5.73 Å². The van der Waals surface area contributed by atoms with Crippen LogP contribution in [0.2, 0.25) is 0 Å². The summed E-state index contributed by atoms with van der Waals surface area (Å²) in [5, 5.41) is 0. The van der Waals surface area contributed by atoms with Gasteiger partial charge in [-0.15, -0.1) is 0 Å². The Morgan fingerprint density at radius 3 is 2.70 bits per heavy atom. The number of aryl methyl sites for hydroxylation is 1. The van der Waals surface area contributed by atoms with Crippen LogP contribution in [-0.4, -0.2) is 9.97 Å². The maximum absolute atomic E-state index is 12.0. The van der Waals surface area contributed by atoms with Crippen LogP contribution in [0.15, 0.2) is 0 Å². The van der Waals surface area contributed by atoms with Crippen LogP contribution in [0.25, 0.3) is 0 Å². The molecular formula is C6H10FN3. The number of hydrogen-bond acceptors (Lipinski definition) is 2. The van der Waals surface area contributed by atoms with Crippen molar-refractivity contribution in [2.75, 3.05) is 0 Å². The molecule has 1 rings (SSSR count). The Bertz CT molecular complexity index is 219. The predicted molar refractivity (Wildman–Crippen MR) is 36.0 cm³/mol. The third-order valence-electron chi connectivity index (χ3n) is 1.35. The lowest BCUT2D eigenvalue weighted by Gasteiger charge is -1.83. The molecule has 0 atom stereocenters. The number of nitrogens with one attached hydrogen (secondary N) is 1. The molecule has 1 aromatic heterocycles. The quantitative estimate of drug-likeness (QED) is 0.638. The van der Waals surface area contributed by atoms with E-state index in [1.165, 1.54) is 0 Å². The third-order valence-corrected chi connectivity index (χ3v) is 1.35. The summed E-state index contributed by atoms with van der Waals surface area (Å²) in [5.74, 6) is 0.644. The number of aromatic amines is 1. The minimum atomic E-state index is -0.525. The molecule has 1 heterocycles. The largest absolute Gasteiger partial charge is 0.345 e. The molecular weight excluding hydrogens is 133 g/mol. The van der Waals surface area contributed by atoms with E-state index in [1.54, 1.807) is 6.92 Å². The lowest BCUT2D eigenvalue weighted by molar-refractivity contribution is 0.475. The number of rotatable bonds is 2. The highest BCUT2D eigenvalue weighted by atomic mass is 19.1. The molecule has 0 unspecified atom stereocenters. The van der Waals surface area contributed by atoms with Crippen molar-refractivity contribution >= 4 is 0 Å². The molecule has 0 fully saturated rings. The van der Waals surface area contributed by atoms with Gasteiger partial charge in [0.25, 0.3) is 0 Å². The number of halogens is 1. The normalized spacial score (nSPS) is 10.3. The van der Waals surface area contributed by atoms with Gasteiger partial charge in [0.2, 0.25) is 0 Å². The predicted octanol–water partition coefficient (Wildman–Crippen LogP) is 0.646. The lowest BCUT2D eigenvalue weighted by atomic mass is 10.4. The van der Waals surface area contributed by atoms with Crippen molar-refractivity contribution in [2.24, 2.45) is 5.73 Å². The minimum Gasteiger partial charge on any atom is -0.345 e. The zero-order valence-corrected chi connectivity index (χ0v) is 5.82. The topological polar surface area (TPSA) is 54.7 Å². The molecule has 1 aromatic rings. The monoisotopic (exact) mass is 143 g/mol. The third kappa shape index (κ3) is 1.16. The molecule has 0 aliphatic heterocycles. The number of hydrogen-bond donors (Lipinski definition) is 2.